The van der Waals surface area contributed by atoms with Crippen molar-refractivity contribution < 1.29 is 9.18 Å². The van der Waals surface area contributed by atoms with Gasteiger partial charge in [0.1, 0.15) is 5.82 Å². The van der Waals surface area contributed by atoms with Crippen LogP contribution in [-0.4, -0.2) is 38.5 Å². The second-order valence-corrected chi connectivity index (χ2v) is 7.60. The minimum atomic E-state index is -0.255. The van der Waals surface area contributed by atoms with Crippen molar-refractivity contribution in [3.8, 4) is 11.1 Å². The van der Waals surface area contributed by atoms with Crippen LogP contribution in [0.1, 0.15) is 37.4 Å². The molecule has 6 heteroatoms. The molecule has 2 fully saturated rings. The average Bonchev–Trinajstić information content (AvgIpc) is 3.45. The molecule has 0 spiro atoms. The molecule has 2 aromatic heterocycles. The third-order valence-corrected chi connectivity index (χ3v) is 5.53. The van der Waals surface area contributed by atoms with Crippen LogP contribution in [-0.2, 0) is 4.79 Å². The summed E-state index contributed by atoms with van der Waals surface area (Å²) < 4.78 is 15.3. The van der Waals surface area contributed by atoms with Crippen molar-refractivity contribution >= 4 is 11.6 Å². The Kier molecular flexibility index (Phi) is 3.92. The Hall–Kier alpha value is -2.76. The lowest BCUT2D eigenvalue weighted by atomic mass is 9.97. The zero-order valence-electron chi connectivity index (χ0n) is 15.0. The lowest BCUT2D eigenvalue weighted by molar-refractivity contribution is -0.133. The van der Waals surface area contributed by atoms with E-state index in [1.54, 1.807) is 10.6 Å². The van der Waals surface area contributed by atoms with Crippen molar-refractivity contribution in [2.24, 2.45) is 5.92 Å². The zero-order valence-corrected chi connectivity index (χ0v) is 15.0. The summed E-state index contributed by atoms with van der Waals surface area (Å²) in [7, 11) is 0. The summed E-state index contributed by atoms with van der Waals surface area (Å²) in [5, 5.41) is 4.67. The van der Waals surface area contributed by atoms with E-state index in [0.717, 1.165) is 54.8 Å². The fourth-order valence-electron chi connectivity index (χ4n) is 3.89. The number of hydrogen-bond acceptors (Lipinski definition) is 3. The summed E-state index contributed by atoms with van der Waals surface area (Å²) in [6, 6.07) is 10.4. The molecule has 1 aliphatic carbocycles. The van der Waals surface area contributed by atoms with Gasteiger partial charge < -0.3 is 4.90 Å². The molecule has 1 amide bonds. The van der Waals surface area contributed by atoms with Gasteiger partial charge in [-0.25, -0.2) is 13.9 Å². The molecular formula is C21H21FN4O. The molecule has 5 rings (SSSR count). The highest BCUT2D eigenvalue weighted by Crippen LogP contribution is 2.34. The quantitative estimate of drug-likeness (QED) is 0.713. The van der Waals surface area contributed by atoms with E-state index in [0.29, 0.717) is 12.5 Å². The number of rotatable bonds is 3. The van der Waals surface area contributed by atoms with Crippen molar-refractivity contribution in [1.29, 1.82) is 0 Å². The highest BCUT2D eigenvalue weighted by atomic mass is 19.1. The molecule has 0 radical (unpaired) electrons. The van der Waals surface area contributed by atoms with Crippen LogP contribution in [0.25, 0.3) is 16.8 Å². The molecular weight excluding hydrogens is 343 g/mol. The fraction of sp³-hybridized carbons (Fsp3) is 0.381. The maximum atomic E-state index is 13.5. The summed E-state index contributed by atoms with van der Waals surface area (Å²) in [6.07, 6.45) is 5.96. The van der Waals surface area contributed by atoms with E-state index in [2.05, 4.69) is 10.1 Å². The van der Waals surface area contributed by atoms with Gasteiger partial charge in [0.15, 0.2) is 11.5 Å². The first kappa shape index (κ1) is 16.4. The van der Waals surface area contributed by atoms with Gasteiger partial charge in [0.25, 0.3) is 0 Å². The molecule has 0 unspecified atom stereocenters. The van der Waals surface area contributed by atoms with Gasteiger partial charge in [0.05, 0.1) is 0 Å². The highest BCUT2D eigenvalue weighted by Gasteiger charge is 2.36. The maximum Gasteiger partial charge on any atom is 0.225 e. The molecule has 5 nitrogen and oxygen atoms in total. The van der Waals surface area contributed by atoms with Crippen LogP contribution in [0, 0.1) is 11.7 Å². The second-order valence-electron chi connectivity index (χ2n) is 7.60. The third-order valence-electron chi connectivity index (χ3n) is 5.53. The number of piperidine rings is 1. The normalized spacial score (nSPS) is 20.2. The minimum Gasteiger partial charge on any atom is -0.342 e. The SMILES string of the molecule is O=C(C1CC1)N1CCC[C@@H](c2nc3ccc(-c4cccc(F)c4)cn3n2)C1. The molecule has 2 aliphatic rings. The van der Waals surface area contributed by atoms with Gasteiger partial charge in [-0.3, -0.25) is 4.79 Å². The number of halogens is 1. The van der Waals surface area contributed by atoms with Gasteiger partial charge in [-0.2, -0.15) is 5.10 Å². The number of pyridine rings is 1. The molecule has 138 valence electrons. The van der Waals surface area contributed by atoms with E-state index in [4.69, 9.17) is 0 Å². The van der Waals surface area contributed by atoms with Gasteiger partial charge >= 0.3 is 0 Å². The van der Waals surface area contributed by atoms with Crippen LogP contribution < -0.4 is 0 Å². The summed E-state index contributed by atoms with van der Waals surface area (Å²) in [6.45, 7) is 1.56. The Morgan fingerprint density at radius 3 is 2.81 bits per heavy atom. The second kappa shape index (κ2) is 6.44. The number of fused-ring (bicyclic) bond motifs is 1. The Morgan fingerprint density at radius 1 is 1.11 bits per heavy atom. The molecule has 0 bridgehead atoms. The molecule has 3 aromatic rings. The van der Waals surface area contributed by atoms with E-state index in [1.165, 1.54) is 12.1 Å². The Morgan fingerprint density at radius 2 is 2.00 bits per heavy atom. The monoisotopic (exact) mass is 364 g/mol. The van der Waals surface area contributed by atoms with Gasteiger partial charge in [0, 0.05) is 36.7 Å². The smallest absolute Gasteiger partial charge is 0.225 e. The summed E-state index contributed by atoms with van der Waals surface area (Å²) in [5.41, 5.74) is 2.48. The lowest BCUT2D eigenvalue weighted by Crippen LogP contribution is -2.40. The van der Waals surface area contributed by atoms with Crippen LogP contribution in [0.4, 0.5) is 4.39 Å². The number of carbonyl (C=O) groups excluding carboxylic acids is 1. The number of aromatic nitrogens is 3. The largest absolute Gasteiger partial charge is 0.342 e. The molecule has 1 atom stereocenters. The Bertz CT molecular complexity index is 1010. The van der Waals surface area contributed by atoms with Crippen molar-refractivity contribution in [1.82, 2.24) is 19.5 Å². The van der Waals surface area contributed by atoms with Crippen molar-refractivity contribution in [2.45, 2.75) is 31.6 Å². The first-order valence-corrected chi connectivity index (χ1v) is 9.58. The predicted octanol–water partition coefficient (Wildman–Crippen LogP) is 3.65. The number of hydrogen-bond donors (Lipinski definition) is 0. The zero-order chi connectivity index (χ0) is 18.4. The van der Waals surface area contributed by atoms with Crippen LogP contribution in [0.2, 0.25) is 0 Å². The van der Waals surface area contributed by atoms with Crippen LogP contribution in [0.15, 0.2) is 42.6 Å². The molecule has 1 aliphatic heterocycles. The van der Waals surface area contributed by atoms with Gasteiger partial charge in [0.2, 0.25) is 5.91 Å². The lowest BCUT2D eigenvalue weighted by Gasteiger charge is -2.31. The highest BCUT2D eigenvalue weighted by molar-refractivity contribution is 5.81. The predicted molar refractivity (Wildman–Crippen MR) is 99.7 cm³/mol. The number of nitrogens with zero attached hydrogens (tertiary/aromatic N) is 4. The summed E-state index contributed by atoms with van der Waals surface area (Å²) in [4.78, 5) is 19.1. The van der Waals surface area contributed by atoms with Gasteiger partial charge in [-0.1, -0.05) is 12.1 Å². The Balaban J connectivity index is 1.41. The minimum absolute atomic E-state index is 0.180. The Labute approximate surface area is 156 Å². The van der Waals surface area contributed by atoms with Crippen LogP contribution in [0.3, 0.4) is 0 Å². The van der Waals surface area contributed by atoms with E-state index >= 15 is 0 Å². The van der Waals surface area contributed by atoms with Crippen LogP contribution in [0.5, 0.6) is 0 Å². The number of amides is 1. The average molecular weight is 364 g/mol. The van der Waals surface area contributed by atoms with Crippen molar-refractivity contribution in [3.05, 3.63) is 54.2 Å². The van der Waals surface area contributed by atoms with Crippen molar-refractivity contribution in [2.75, 3.05) is 13.1 Å². The molecule has 1 saturated carbocycles. The summed E-state index contributed by atoms with van der Waals surface area (Å²) >= 11 is 0. The number of carbonyl (C=O) groups is 1. The number of likely N-dealkylation sites (tertiary alicyclic amines) is 1. The first-order valence-electron chi connectivity index (χ1n) is 9.58. The standard InChI is InChI=1S/C21H21FN4O/c22-18-5-1-3-15(11-18)16-8-9-19-23-20(24-26(19)13-16)17-4-2-10-25(12-17)21(27)14-6-7-14/h1,3,5,8-9,11,13-14,17H,2,4,6-7,10,12H2/t17-/m1/s1. The van der Waals surface area contributed by atoms with Gasteiger partial charge in [-0.05, 0) is 55.5 Å². The molecule has 1 saturated heterocycles. The molecule has 0 N–H and O–H groups in total. The first-order chi connectivity index (χ1) is 13.2. The van der Waals surface area contributed by atoms with E-state index < -0.39 is 0 Å². The van der Waals surface area contributed by atoms with E-state index in [9.17, 15) is 9.18 Å². The number of benzene rings is 1. The molecule has 27 heavy (non-hydrogen) atoms. The third kappa shape index (κ3) is 3.20. The fourth-order valence-corrected chi connectivity index (χ4v) is 3.89. The van der Waals surface area contributed by atoms with Crippen LogP contribution >= 0.6 is 0 Å². The topological polar surface area (TPSA) is 50.5 Å². The molecule has 3 heterocycles. The maximum absolute atomic E-state index is 13.5. The van der Waals surface area contributed by atoms with E-state index in [-0.39, 0.29) is 17.7 Å². The van der Waals surface area contributed by atoms with E-state index in [1.807, 2.05) is 29.3 Å². The van der Waals surface area contributed by atoms with Gasteiger partial charge in [-0.15, -0.1) is 0 Å². The molecule has 1 aromatic carbocycles. The van der Waals surface area contributed by atoms with Crippen molar-refractivity contribution in [3.63, 3.8) is 0 Å². The summed E-state index contributed by atoms with van der Waals surface area (Å²) in [5.74, 6) is 1.27.